The number of nitrogens with one attached hydrogen (secondary N) is 1. The molecule has 11 heavy (non-hydrogen) atoms. The molecule has 1 aromatic heterocycles. The molecule has 0 saturated carbocycles. The fourth-order valence-corrected chi connectivity index (χ4v) is 1.68. The Hall–Kier alpha value is -1.06. The van der Waals surface area contributed by atoms with Crippen LogP contribution in [0.5, 0.6) is 0 Å². The quantitative estimate of drug-likeness (QED) is 0.596. The van der Waals surface area contributed by atoms with Crippen LogP contribution in [-0.4, -0.2) is 10.2 Å². The number of hydrogen-bond acceptors (Lipinski definition) is 2. The van der Waals surface area contributed by atoms with Gasteiger partial charge in [-0.25, -0.2) is 4.39 Å². The van der Waals surface area contributed by atoms with Gasteiger partial charge in [0, 0.05) is 5.56 Å². The van der Waals surface area contributed by atoms with Crippen molar-refractivity contribution < 1.29 is 4.39 Å². The average molecular weight is 155 g/mol. The Balaban J connectivity index is 2.54. The predicted octanol–water partition coefficient (Wildman–Crippen LogP) is 1.51. The molecule has 0 aromatic carbocycles. The largest absolute Gasteiger partial charge is 0.382 e. The first-order valence-corrected chi connectivity index (χ1v) is 3.68. The van der Waals surface area contributed by atoms with Crippen LogP contribution in [-0.2, 0) is 0 Å². The third-order valence-corrected chi connectivity index (χ3v) is 2.23. The lowest BCUT2D eigenvalue weighted by atomic mass is 10.1. The number of nitrogens with zero attached hydrogens (tertiary/aromatic N) is 1. The molecule has 1 aromatic rings. The molecule has 1 aliphatic rings. The number of H-pyrrole nitrogens is 1. The number of hydrogen-bond donors (Lipinski definition) is 2. The monoisotopic (exact) mass is 155 g/mol. The highest BCUT2D eigenvalue weighted by atomic mass is 19.1. The van der Waals surface area contributed by atoms with Gasteiger partial charge in [0.15, 0.2) is 0 Å². The maximum absolute atomic E-state index is 13.1. The predicted molar refractivity (Wildman–Crippen MR) is 39.9 cm³/mol. The minimum Gasteiger partial charge on any atom is -0.382 e. The smallest absolute Gasteiger partial charge is 0.149 e. The van der Waals surface area contributed by atoms with Gasteiger partial charge in [-0.2, -0.15) is 5.10 Å². The van der Waals surface area contributed by atoms with E-state index < -0.39 is 6.17 Å². The molecule has 0 bridgehead atoms. The maximum Gasteiger partial charge on any atom is 0.149 e. The van der Waals surface area contributed by atoms with E-state index in [0.29, 0.717) is 17.9 Å². The molecule has 0 aliphatic heterocycles. The zero-order valence-corrected chi connectivity index (χ0v) is 6.26. The highest BCUT2D eigenvalue weighted by molar-refractivity contribution is 5.48. The van der Waals surface area contributed by atoms with E-state index in [1.807, 2.05) is 6.92 Å². The van der Waals surface area contributed by atoms with E-state index in [2.05, 4.69) is 10.2 Å². The van der Waals surface area contributed by atoms with Crippen molar-refractivity contribution in [2.24, 2.45) is 0 Å². The zero-order valence-electron chi connectivity index (χ0n) is 6.26. The van der Waals surface area contributed by atoms with E-state index in [1.54, 1.807) is 0 Å². The minimum absolute atomic E-state index is 0.207. The number of halogens is 1. The van der Waals surface area contributed by atoms with Gasteiger partial charge in [-0.05, 0) is 12.3 Å². The van der Waals surface area contributed by atoms with Crippen molar-refractivity contribution in [1.82, 2.24) is 10.2 Å². The van der Waals surface area contributed by atoms with E-state index in [-0.39, 0.29) is 5.92 Å². The van der Waals surface area contributed by atoms with E-state index in [4.69, 9.17) is 5.73 Å². The number of aromatic nitrogens is 2. The van der Waals surface area contributed by atoms with E-state index in [9.17, 15) is 4.39 Å². The highest BCUT2D eigenvalue weighted by Gasteiger charge is 2.32. The summed E-state index contributed by atoms with van der Waals surface area (Å²) in [5.41, 5.74) is 6.99. The molecule has 2 atom stereocenters. The Bertz CT molecular complexity index is 281. The Kier molecular flexibility index (Phi) is 1.19. The van der Waals surface area contributed by atoms with Crippen LogP contribution in [0.25, 0.3) is 0 Å². The minimum atomic E-state index is -0.898. The first kappa shape index (κ1) is 6.64. The summed E-state index contributed by atoms with van der Waals surface area (Å²) in [7, 11) is 0. The van der Waals surface area contributed by atoms with E-state index >= 15 is 0 Å². The Morgan fingerprint density at radius 3 is 3.09 bits per heavy atom. The summed E-state index contributed by atoms with van der Waals surface area (Å²) in [5.74, 6) is 0.659. The fraction of sp³-hybridized carbons (Fsp3) is 0.571. The fourth-order valence-electron chi connectivity index (χ4n) is 1.68. The van der Waals surface area contributed by atoms with Gasteiger partial charge >= 0.3 is 0 Å². The highest BCUT2D eigenvalue weighted by Crippen LogP contribution is 2.43. The molecule has 0 unspecified atom stereocenters. The standard InChI is InChI=1S/C7H10FN3/c1-3-2-4(8)6-5(3)7(9)11-10-6/h3-4H,2H2,1H3,(H3,9,10,11)/t3-,4+/m1/s1. The van der Waals surface area contributed by atoms with Crippen LogP contribution in [0.2, 0.25) is 0 Å². The third-order valence-electron chi connectivity index (χ3n) is 2.23. The second-order valence-electron chi connectivity index (χ2n) is 3.04. The molecule has 1 aliphatic carbocycles. The van der Waals surface area contributed by atoms with Gasteiger partial charge in [0.05, 0.1) is 5.69 Å². The van der Waals surface area contributed by atoms with Crippen molar-refractivity contribution in [1.29, 1.82) is 0 Å². The van der Waals surface area contributed by atoms with Crippen molar-refractivity contribution in [3.8, 4) is 0 Å². The topological polar surface area (TPSA) is 54.7 Å². The van der Waals surface area contributed by atoms with Crippen molar-refractivity contribution in [2.75, 3.05) is 5.73 Å². The van der Waals surface area contributed by atoms with Crippen LogP contribution in [0.15, 0.2) is 0 Å². The van der Waals surface area contributed by atoms with E-state index in [0.717, 1.165) is 5.56 Å². The lowest BCUT2D eigenvalue weighted by molar-refractivity contribution is 0.324. The normalized spacial score (nSPS) is 28.9. The number of rotatable bonds is 0. The van der Waals surface area contributed by atoms with Crippen molar-refractivity contribution in [3.63, 3.8) is 0 Å². The lowest BCUT2D eigenvalue weighted by Gasteiger charge is -1.99. The van der Waals surface area contributed by atoms with Crippen LogP contribution >= 0.6 is 0 Å². The van der Waals surface area contributed by atoms with Gasteiger partial charge < -0.3 is 5.73 Å². The molecule has 0 saturated heterocycles. The molecule has 3 nitrogen and oxygen atoms in total. The molecule has 0 amide bonds. The van der Waals surface area contributed by atoms with Gasteiger partial charge in [-0.15, -0.1) is 0 Å². The Morgan fingerprint density at radius 1 is 1.73 bits per heavy atom. The summed E-state index contributed by atoms with van der Waals surface area (Å²) in [6.07, 6.45) is -0.363. The molecule has 60 valence electrons. The first-order valence-electron chi connectivity index (χ1n) is 3.68. The summed E-state index contributed by atoms with van der Waals surface area (Å²) in [4.78, 5) is 0. The number of fused-ring (bicyclic) bond motifs is 1. The zero-order chi connectivity index (χ0) is 8.01. The second kappa shape index (κ2) is 1.96. The first-order chi connectivity index (χ1) is 5.20. The average Bonchev–Trinajstić information content (AvgIpc) is 2.41. The molecule has 0 radical (unpaired) electrons. The number of nitrogens with two attached hydrogens (primary N) is 1. The molecule has 0 fully saturated rings. The van der Waals surface area contributed by atoms with Crippen molar-refractivity contribution in [2.45, 2.75) is 25.4 Å². The maximum atomic E-state index is 13.1. The van der Waals surface area contributed by atoms with Gasteiger partial charge in [0.1, 0.15) is 12.0 Å². The summed E-state index contributed by atoms with van der Waals surface area (Å²) in [6.45, 7) is 1.96. The van der Waals surface area contributed by atoms with Crippen LogP contribution in [0.4, 0.5) is 10.2 Å². The van der Waals surface area contributed by atoms with Crippen LogP contribution in [0, 0.1) is 0 Å². The van der Waals surface area contributed by atoms with Crippen LogP contribution in [0.3, 0.4) is 0 Å². The van der Waals surface area contributed by atoms with Crippen molar-refractivity contribution >= 4 is 5.82 Å². The summed E-state index contributed by atoms with van der Waals surface area (Å²) in [6, 6.07) is 0. The molecule has 1 heterocycles. The van der Waals surface area contributed by atoms with Crippen LogP contribution in [0.1, 0.15) is 36.7 Å². The molecular formula is C7H10FN3. The number of aromatic amines is 1. The van der Waals surface area contributed by atoms with Crippen molar-refractivity contribution in [3.05, 3.63) is 11.3 Å². The number of anilines is 1. The van der Waals surface area contributed by atoms with Gasteiger partial charge in [-0.1, -0.05) is 6.92 Å². The summed E-state index contributed by atoms with van der Waals surface area (Å²) in [5, 5.41) is 6.37. The third kappa shape index (κ3) is 0.751. The summed E-state index contributed by atoms with van der Waals surface area (Å²) < 4.78 is 13.1. The van der Waals surface area contributed by atoms with Gasteiger partial charge in [0.2, 0.25) is 0 Å². The number of nitrogen functional groups attached to an aromatic ring is 1. The Labute approximate surface area is 63.8 Å². The Morgan fingerprint density at radius 2 is 2.45 bits per heavy atom. The number of alkyl halides is 1. The lowest BCUT2D eigenvalue weighted by Crippen LogP contribution is -1.93. The second-order valence-corrected chi connectivity index (χ2v) is 3.04. The SMILES string of the molecule is C[C@@H]1C[C@H](F)c2[nH]nc(N)c21. The summed E-state index contributed by atoms with van der Waals surface area (Å²) >= 11 is 0. The van der Waals surface area contributed by atoms with Gasteiger partial charge in [0.25, 0.3) is 0 Å². The van der Waals surface area contributed by atoms with Gasteiger partial charge in [-0.3, -0.25) is 5.10 Å². The molecule has 4 heteroatoms. The molecule has 3 N–H and O–H groups in total. The molecule has 0 spiro atoms. The molecule has 2 rings (SSSR count). The van der Waals surface area contributed by atoms with Crippen LogP contribution < -0.4 is 5.73 Å². The molecular weight excluding hydrogens is 145 g/mol. The van der Waals surface area contributed by atoms with E-state index in [1.165, 1.54) is 0 Å².